The lowest BCUT2D eigenvalue weighted by Gasteiger charge is -2.00. The average molecular weight is 436 g/mol. The number of hydrogen-bond donors (Lipinski definition) is 1. The number of H-pyrrole nitrogens is 1. The zero-order chi connectivity index (χ0) is 18.5. The molecule has 0 aliphatic heterocycles. The SMILES string of the molecule is O=c1c2[nH]c3ccc(Br)cc3c2ncn1/N=C\c1ccc(S(=O)(=O)[O-])o1. The Morgan fingerprint density at radius 2 is 2.12 bits per heavy atom. The summed E-state index contributed by atoms with van der Waals surface area (Å²) in [4.78, 5) is 19.8. The Balaban J connectivity index is 1.78. The summed E-state index contributed by atoms with van der Waals surface area (Å²) < 4.78 is 39.3. The molecule has 0 aliphatic carbocycles. The molecule has 0 atom stereocenters. The minimum Gasteiger partial charge on any atom is -0.742 e. The number of aromatic nitrogens is 3. The highest BCUT2D eigenvalue weighted by atomic mass is 79.9. The summed E-state index contributed by atoms with van der Waals surface area (Å²) in [5, 5.41) is 3.98. The molecule has 0 fully saturated rings. The number of fused-ring (bicyclic) bond motifs is 3. The van der Waals surface area contributed by atoms with Crippen LogP contribution >= 0.6 is 15.9 Å². The molecule has 4 rings (SSSR count). The van der Waals surface area contributed by atoms with Gasteiger partial charge in [0, 0.05) is 15.4 Å². The lowest BCUT2D eigenvalue weighted by atomic mass is 10.2. The zero-order valence-electron chi connectivity index (χ0n) is 12.7. The van der Waals surface area contributed by atoms with E-state index in [1.54, 1.807) is 0 Å². The van der Waals surface area contributed by atoms with Crippen molar-refractivity contribution in [3.8, 4) is 0 Å². The highest BCUT2D eigenvalue weighted by Crippen LogP contribution is 2.24. The molecule has 0 saturated carbocycles. The van der Waals surface area contributed by atoms with Crippen molar-refractivity contribution >= 4 is 54.2 Å². The van der Waals surface area contributed by atoms with Crippen LogP contribution in [0.4, 0.5) is 0 Å². The number of hydrogen-bond acceptors (Lipinski definition) is 7. The summed E-state index contributed by atoms with van der Waals surface area (Å²) in [6.07, 6.45) is 2.35. The number of aromatic amines is 1. The zero-order valence-corrected chi connectivity index (χ0v) is 15.1. The van der Waals surface area contributed by atoms with Crippen molar-refractivity contribution in [1.82, 2.24) is 14.6 Å². The summed E-state index contributed by atoms with van der Waals surface area (Å²) >= 11 is 3.38. The maximum atomic E-state index is 12.6. The molecule has 0 spiro atoms. The lowest BCUT2D eigenvalue weighted by molar-refractivity contribution is 0.395. The standard InChI is InChI=1S/C15H9BrN4O5S/c16-8-1-3-11-10(5-8)13-14(19-11)15(21)20(7-17-13)18-6-9-2-4-12(25-9)26(22,23)24/h1-7,19H,(H,22,23,24)/p-1/b18-6-. The number of benzene rings is 1. The first kappa shape index (κ1) is 16.7. The van der Waals surface area contributed by atoms with Gasteiger partial charge >= 0.3 is 0 Å². The molecule has 1 N–H and O–H groups in total. The van der Waals surface area contributed by atoms with Crippen LogP contribution in [0.3, 0.4) is 0 Å². The van der Waals surface area contributed by atoms with Gasteiger partial charge in [-0.3, -0.25) is 4.79 Å². The first-order chi connectivity index (χ1) is 12.3. The summed E-state index contributed by atoms with van der Waals surface area (Å²) in [5.41, 5.74) is 1.10. The van der Waals surface area contributed by atoms with Crippen molar-refractivity contribution in [3.05, 3.63) is 57.2 Å². The van der Waals surface area contributed by atoms with Gasteiger partial charge in [-0.25, -0.2) is 13.4 Å². The van der Waals surface area contributed by atoms with Gasteiger partial charge in [0.25, 0.3) is 5.56 Å². The molecule has 1 aromatic carbocycles. The van der Waals surface area contributed by atoms with E-state index in [-0.39, 0.29) is 11.3 Å². The molecule has 3 aromatic heterocycles. The summed E-state index contributed by atoms with van der Waals surface area (Å²) in [6.45, 7) is 0. The minimum absolute atomic E-state index is 0.00648. The van der Waals surface area contributed by atoms with Gasteiger partial charge in [-0.05, 0) is 30.3 Å². The van der Waals surface area contributed by atoms with E-state index < -0.39 is 20.8 Å². The highest BCUT2D eigenvalue weighted by molar-refractivity contribution is 9.10. The van der Waals surface area contributed by atoms with Gasteiger partial charge in [-0.2, -0.15) is 9.78 Å². The van der Waals surface area contributed by atoms with Crippen molar-refractivity contribution in [3.63, 3.8) is 0 Å². The lowest BCUT2D eigenvalue weighted by Crippen LogP contribution is -2.17. The van der Waals surface area contributed by atoms with Gasteiger partial charge in [-0.1, -0.05) is 15.9 Å². The largest absolute Gasteiger partial charge is 0.742 e. The third kappa shape index (κ3) is 2.85. The Morgan fingerprint density at radius 1 is 1.31 bits per heavy atom. The van der Waals surface area contributed by atoms with Gasteiger partial charge in [0.05, 0.1) is 6.21 Å². The van der Waals surface area contributed by atoms with Crippen molar-refractivity contribution in [2.24, 2.45) is 5.10 Å². The van der Waals surface area contributed by atoms with Gasteiger partial charge in [0.15, 0.2) is 10.1 Å². The third-order valence-corrected chi connectivity index (χ3v) is 4.81. The Morgan fingerprint density at radius 3 is 2.85 bits per heavy atom. The van der Waals surface area contributed by atoms with Crippen LogP contribution in [0.15, 0.2) is 60.5 Å². The quantitative estimate of drug-likeness (QED) is 0.386. The molecule has 132 valence electrons. The van der Waals surface area contributed by atoms with Crippen LogP contribution in [0.5, 0.6) is 0 Å². The van der Waals surface area contributed by atoms with Crippen LogP contribution < -0.4 is 5.56 Å². The maximum absolute atomic E-state index is 12.6. The fourth-order valence-electron chi connectivity index (χ4n) is 2.46. The Hall–Kier alpha value is -2.76. The fraction of sp³-hybridized carbons (Fsp3) is 0. The second-order valence-electron chi connectivity index (χ2n) is 5.29. The predicted molar refractivity (Wildman–Crippen MR) is 95.2 cm³/mol. The van der Waals surface area contributed by atoms with E-state index >= 15 is 0 Å². The molecule has 0 unspecified atom stereocenters. The van der Waals surface area contributed by atoms with Crippen LogP contribution in [-0.4, -0.2) is 33.8 Å². The average Bonchev–Trinajstić information content (AvgIpc) is 3.19. The second kappa shape index (κ2) is 5.90. The van der Waals surface area contributed by atoms with E-state index in [1.807, 2.05) is 18.2 Å². The normalized spacial score (nSPS) is 12.5. The molecule has 0 saturated heterocycles. The summed E-state index contributed by atoms with van der Waals surface area (Å²) in [6, 6.07) is 7.78. The Labute approximate surface area is 153 Å². The molecule has 9 nitrogen and oxygen atoms in total. The molecule has 26 heavy (non-hydrogen) atoms. The van der Waals surface area contributed by atoms with Gasteiger partial charge in [0.2, 0.25) is 5.09 Å². The number of furan rings is 1. The number of halogens is 1. The van der Waals surface area contributed by atoms with Crippen LogP contribution in [0.2, 0.25) is 0 Å². The van der Waals surface area contributed by atoms with E-state index in [2.05, 4.69) is 31.0 Å². The first-order valence-electron chi connectivity index (χ1n) is 7.11. The van der Waals surface area contributed by atoms with Gasteiger partial charge in [0.1, 0.15) is 23.1 Å². The first-order valence-corrected chi connectivity index (χ1v) is 9.32. The molecule has 11 heteroatoms. The smallest absolute Gasteiger partial charge is 0.298 e. The fourth-order valence-corrected chi connectivity index (χ4v) is 3.25. The van der Waals surface area contributed by atoms with Crippen LogP contribution in [0, 0.1) is 0 Å². The van der Waals surface area contributed by atoms with E-state index in [4.69, 9.17) is 4.42 Å². The maximum Gasteiger partial charge on any atom is 0.298 e. The highest BCUT2D eigenvalue weighted by Gasteiger charge is 2.11. The van der Waals surface area contributed by atoms with Crippen molar-refractivity contribution < 1.29 is 17.4 Å². The van der Waals surface area contributed by atoms with E-state index in [0.717, 1.165) is 32.3 Å². The molecule has 0 radical (unpaired) electrons. The Bertz CT molecular complexity index is 1350. The molecular formula is C15H8BrN4O5S-. The van der Waals surface area contributed by atoms with E-state index in [9.17, 15) is 17.8 Å². The van der Waals surface area contributed by atoms with Crippen molar-refractivity contribution in [2.45, 2.75) is 5.09 Å². The minimum atomic E-state index is -4.69. The van der Waals surface area contributed by atoms with Gasteiger partial charge < -0.3 is 14.0 Å². The van der Waals surface area contributed by atoms with Crippen LogP contribution in [0.1, 0.15) is 5.76 Å². The molecule has 0 aliphatic rings. The monoisotopic (exact) mass is 435 g/mol. The molecule has 0 bridgehead atoms. The number of rotatable bonds is 3. The third-order valence-electron chi connectivity index (χ3n) is 3.61. The summed E-state index contributed by atoms with van der Waals surface area (Å²) in [7, 11) is -4.69. The summed E-state index contributed by atoms with van der Waals surface area (Å²) in [5.74, 6) is 0.00648. The number of nitrogens with zero attached hydrogens (tertiary/aromatic N) is 3. The van der Waals surface area contributed by atoms with E-state index in [1.165, 1.54) is 12.4 Å². The molecular weight excluding hydrogens is 428 g/mol. The Kier molecular flexibility index (Phi) is 3.79. The molecule has 0 amide bonds. The van der Waals surface area contributed by atoms with E-state index in [0.29, 0.717) is 5.52 Å². The second-order valence-corrected chi connectivity index (χ2v) is 7.51. The topological polar surface area (TPSA) is 133 Å². The van der Waals surface area contributed by atoms with Crippen molar-refractivity contribution in [2.75, 3.05) is 0 Å². The van der Waals surface area contributed by atoms with Gasteiger partial charge in [-0.15, -0.1) is 0 Å². The van der Waals surface area contributed by atoms with Crippen LogP contribution in [0.25, 0.3) is 21.9 Å². The van der Waals surface area contributed by atoms with Crippen LogP contribution in [-0.2, 0) is 10.1 Å². The molecule has 4 aromatic rings. The van der Waals surface area contributed by atoms with Crippen molar-refractivity contribution in [1.29, 1.82) is 0 Å². The number of nitrogens with one attached hydrogen (secondary N) is 1. The molecule has 3 heterocycles. The predicted octanol–water partition coefficient (Wildman–Crippen LogP) is 2.02.